The highest BCUT2D eigenvalue weighted by atomic mass is 28.4. The smallest absolute Gasteiger partial charge is 0.200 e. The fraction of sp³-hybridized carbons (Fsp3) is 0.895. The molecule has 0 saturated heterocycles. The maximum absolute atomic E-state index is 8.83. The van der Waals surface area contributed by atoms with E-state index in [0.29, 0.717) is 23.2 Å². The quantitative estimate of drug-likeness (QED) is 0.268. The van der Waals surface area contributed by atoms with E-state index in [0.717, 1.165) is 32.3 Å². The van der Waals surface area contributed by atoms with Gasteiger partial charge < -0.3 is 9.53 Å². The molecule has 132 valence electrons. The monoisotopic (exact) mass is 328 g/mol. The van der Waals surface area contributed by atoms with Crippen LogP contribution in [-0.2, 0) is 4.43 Å². The van der Waals surface area contributed by atoms with E-state index in [9.17, 15) is 0 Å². The van der Waals surface area contributed by atoms with E-state index in [4.69, 9.17) is 9.53 Å². The molecule has 0 aliphatic carbocycles. The third-order valence-corrected chi connectivity index (χ3v) is 11.0. The Morgan fingerprint density at radius 2 is 1.50 bits per heavy atom. The molecule has 0 bridgehead atoms. The lowest BCUT2D eigenvalue weighted by Crippen LogP contribution is -2.47. The lowest BCUT2D eigenvalue weighted by Gasteiger charge is -2.42. The molecule has 0 aromatic carbocycles. The second kappa shape index (κ2) is 11.4. The van der Waals surface area contributed by atoms with Crippen molar-refractivity contribution in [3.63, 3.8) is 0 Å². The summed E-state index contributed by atoms with van der Waals surface area (Å²) in [6.07, 6.45) is 7.74. The largest absolute Gasteiger partial charge is 0.416 e. The van der Waals surface area contributed by atoms with Gasteiger partial charge in [0.15, 0.2) is 8.32 Å². The van der Waals surface area contributed by atoms with E-state index in [1.54, 1.807) is 0 Å². The Morgan fingerprint density at radius 3 is 1.95 bits per heavy atom. The van der Waals surface area contributed by atoms with Crippen molar-refractivity contribution < 1.29 is 9.53 Å². The van der Waals surface area contributed by atoms with Gasteiger partial charge in [-0.25, -0.2) is 0 Å². The van der Waals surface area contributed by atoms with Crippen LogP contribution in [0.4, 0.5) is 0 Å². The first kappa shape index (κ1) is 21.9. The molecule has 0 heterocycles. The van der Waals surface area contributed by atoms with Gasteiger partial charge in [0, 0.05) is 13.2 Å². The van der Waals surface area contributed by atoms with Gasteiger partial charge in [0.1, 0.15) is 0 Å². The van der Waals surface area contributed by atoms with Gasteiger partial charge in [-0.15, -0.1) is 0 Å². The molecule has 1 N–H and O–H groups in total. The fourth-order valence-electron chi connectivity index (χ4n) is 3.80. The third kappa shape index (κ3) is 6.97. The molecule has 0 aliphatic heterocycles. The lowest BCUT2D eigenvalue weighted by atomic mass is 10.1. The summed E-state index contributed by atoms with van der Waals surface area (Å²) in [4.78, 5) is 0. The van der Waals surface area contributed by atoms with Crippen molar-refractivity contribution in [3.8, 4) is 0 Å². The summed E-state index contributed by atoms with van der Waals surface area (Å²) in [6, 6.07) is 0. The standard InChI is InChI=1S/C19H40O2Si/c1-16(2)22(17(3)4,18(5)6)21-15-10-8-9-12-19(7)13-11-14-20/h12,16-18,20H,8-11,13-15H2,1-7H3/b19-12+. The van der Waals surface area contributed by atoms with E-state index >= 15 is 0 Å². The van der Waals surface area contributed by atoms with Crippen molar-refractivity contribution in [1.29, 1.82) is 0 Å². The average Bonchev–Trinajstić information content (AvgIpc) is 2.42. The molecule has 0 atom stereocenters. The number of hydrogen-bond donors (Lipinski definition) is 1. The van der Waals surface area contributed by atoms with Gasteiger partial charge in [-0.05, 0) is 55.7 Å². The summed E-state index contributed by atoms with van der Waals surface area (Å²) < 4.78 is 6.57. The maximum atomic E-state index is 8.83. The number of allylic oxidation sites excluding steroid dienone is 2. The van der Waals surface area contributed by atoms with Crippen molar-refractivity contribution in [2.45, 2.75) is 97.2 Å². The van der Waals surface area contributed by atoms with Crippen LogP contribution in [0.5, 0.6) is 0 Å². The zero-order valence-electron chi connectivity index (χ0n) is 16.1. The van der Waals surface area contributed by atoms with Gasteiger partial charge in [0.2, 0.25) is 0 Å². The maximum Gasteiger partial charge on any atom is 0.200 e. The highest BCUT2D eigenvalue weighted by molar-refractivity contribution is 6.77. The molecule has 0 radical (unpaired) electrons. The van der Waals surface area contributed by atoms with Gasteiger partial charge in [0.05, 0.1) is 0 Å². The van der Waals surface area contributed by atoms with Gasteiger partial charge in [-0.2, -0.15) is 0 Å². The number of unbranched alkanes of at least 4 members (excludes halogenated alkanes) is 2. The summed E-state index contributed by atoms with van der Waals surface area (Å²) in [5.74, 6) is 0. The minimum Gasteiger partial charge on any atom is -0.416 e. The Kier molecular flexibility index (Phi) is 11.4. The number of aliphatic hydroxyl groups is 1. The Hall–Kier alpha value is -0.123. The lowest BCUT2D eigenvalue weighted by molar-refractivity contribution is 0.269. The summed E-state index contributed by atoms with van der Waals surface area (Å²) in [7, 11) is -1.67. The van der Waals surface area contributed by atoms with E-state index in [-0.39, 0.29) is 0 Å². The number of rotatable bonds is 12. The minimum atomic E-state index is -1.67. The van der Waals surface area contributed by atoms with Crippen LogP contribution >= 0.6 is 0 Å². The Balaban J connectivity index is 4.21. The normalized spacial score (nSPS) is 13.7. The second-order valence-electron chi connectivity index (χ2n) is 7.54. The molecule has 0 saturated carbocycles. The Bertz CT molecular complexity index is 287. The van der Waals surface area contributed by atoms with E-state index in [1.165, 1.54) is 12.0 Å². The molecule has 0 fully saturated rings. The molecule has 0 aromatic rings. The summed E-state index contributed by atoms with van der Waals surface area (Å²) in [5.41, 5.74) is 3.43. The first-order valence-electron chi connectivity index (χ1n) is 9.19. The third-order valence-electron chi connectivity index (χ3n) is 4.88. The summed E-state index contributed by atoms with van der Waals surface area (Å²) in [5, 5.41) is 8.83. The molecule has 0 unspecified atom stereocenters. The molecule has 0 amide bonds. The summed E-state index contributed by atoms with van der Waals surface area (Å²) in [6.45, 7) is 17.5. The second-order valence-corrected chi connectivity index (χ2v) is 13.0. The zero-order chi connectivity index (χ0) is 17.2. The zero-order valence-corrected chi connectivity index (χ0v) is 17.1. The predicted molar refractivity (Wildman–Crippen MR) is 101 cm³/mol. The molecule has 0 spiro atoms. The highest BCUT2D eigenvalue weighted by Crippen LogP contribution is 2.42. The van der Waals surface area contributed by atoms with E-state index in [1.807, 2.05) is 0 Å². The van der Waals surface area contributed by atoms with Crippen LogP contribution in [0, 0.1) is 0 Å². The highest BCUT2D eigenvalue weighted by Gasteiger charge is 2.44. The van der Waals surface area contributed by atoms with Gasteiger partial charge >= 0.3 is 0 Å². The van der Waals surface area contributed by atoms with Crippen LogP contribution < -0.4 is 0 Å². The van der Waals surface area contributed by atoms with Gasteiger partial charge in [0.25, 0.3) is 0 Å². The fourth-order valence-corrected chi connectivity index (χ4v) is 9.30. The van der Waals surface area contributed by atoms with E-state index in [2.05, 4.69) is 54.5 Å². The van der Waals surface area contributed by atoms with Gasteiger partial charge in [-0.1, -0.05) is 53.2 Å². The van der Waals surface area contributed by atoms with Crippen LogP contribution in [0.1, 0.15) is 80.6 Å². The van der Waals surface area contributed by atoms with Crippen LogP contribution in [-0.4, -0.2) is 26.6 Å². The van der Waals surface area contributed by atoms with Crippen LogP contribution in [0.25, 0.3) is 0 Å². The number of hydrogen-bond acceptors (Lipinski definition) is 2. The SMILES string of the molecule is C/C(=C\CCCCO[Si](C(C)C)(C(C)C)C(C)C)CCCO. The average molecular weight is 329 g/mol. The molecule has 22 heavy (non-hydrogen) atoms. The number of aliphatic hydroxyl groups excluding tert-OH is 1. The van der Waals surface area contributed by atoms with Crippen molar-refractivity contribution >= 4 is 8.32 Å². The Labute approximate surface area is 140 Å². The predicted octanol–water partition coefficient (Wildman–Crippen LogP) is 6.07. The molecule has 2 nitrogen and oxygen atoms in total. The molecule has 3 heteroatoms. The van der Waals surface area contributed by atoms with Crippen LogP contribution in [0.3, 0.4) is 0 Å². The first-order valence-corrected chi connectivity index (χ1v) is 11.3. The minimum absolute atomic E-state index is 0.297. The van der Waals surface area contributed by atoms with Crippen molar-refractivity contribution in [2.24, 2.45) is 0 Å². The molecule has 0 aliphatic rings. The van der Waals surface area contributed by atoms with E-state index < -0.39 is 8.32 Å². The molecule has 0 rings (SSSR count). The first-order chi connectivity index (χ1) is 10.3. The molecular formula is C19H40O2Si. The van der Waals surface area contributed by atoms with Gasteiger partial charge in [-0.3, -0.25) is 0 Å². The Morgan fingerprint density at radius 1 is 0.955 bits per heavy atom. The van der Waals surface area contributed by atoms with Crippen LogP contribution in [0.2, 0.25) is 16.6 Å². The van der Waals surface area contributed by atoms with Crippen molar-refractivity contribution in [1.82, 2.24) is 0 Å². The van der Waals surface area contributed by atoms with Crippen molar-refractivity contribution in [2.75, 3.05) is 13.2 Å². The molecule has 0 aromatic heterocycles. The van der Waals surface area contributed by atoms with Crippen LogP contribution in [0.15, 0.2) is 11.6 Å². The topological polar surface area (TPSA) is 29.5 Å². The molecular weight excluding hydrogens is 288 g/mol. The summed E-state index contributed by atoms with van der Waals surface area (Å²) >= 11 is 0. The van der Waals surface area contributed by atoms with Crippen molar-refractivity contribution in [3.05, 3.63) is 11.6 Å².